The molecule has 1 aromatic heterocycles. The first-order chi connectivity index (χ1) is 14.9. The molecule has 1 aliphatic carbocycles. The Morgan fingerprint density at radius 1 is 1.13 bits per heavy atom. The molecule has 4 rings (SSSR count). The molecule has 1 aliphatic rings. The highest BCUT2D eigenvalue weighted by molar-refractivity contribution is 7.89. The molecular formula is C22H23ClN4O3S. The highest BCUT2D eigenvalue weighted by atomic mass is 35.5. The van der Waals surface area contributed by atoms with Crippen LogP contribution in [0.4, 0.5) is 11.6 Å². The number of anilines is 2. The van der Waals surface area contributed by atoms with Crippen molar-refractivity contribution in [2.24, 2.45) is 0 Å². The third-order valence-electron chi connectivity index (χ3n) is 4.96. The summed E-state index contributed by atoms with van der Waals surface area (Å²) in [6.07, 6.45) is 7.20. The minimum absolute atomic E-state index is 0.0301. The zero-order chi connectivity index (χ0) is 21.8. The Balaban J connectivity index is 1.59. The van der Waals surface area contributed by atoms with E-state index in [1.54, 1.807) is 30.3 Å². The van der Waals surface area contributed by atoms with E-state index in [9.17, 15) is 8.42 Å². The van der Waals surface area contributed by atoms with Gasteiger partial charge in [-0.15, -0.1) is 0 Å². The van der Waals surface area contributed by atoms with Crippen molar-refractivity contribution in [3.8, 4) is 17.1 Å². The lowest BCUT2D eigenvalue weighted by atomic mass is 10.2. The number of rotatable bonds is 7. The predicted octanol–water partition coefficient (Wildman–Crippen LogP) is 4.80. The standard InChI is InChI=1S/C22H23ClN4O3S/c1-31(28,29)13-15-5-4-6-17(11-15)26-22-25-14-24-21(27-22)19-10-9-16(23)12-20(19)30-18-7-2-3-8-18/h4-6,9-12,14,18H,2-3,7-8,13H2,1H3,(H,24,25,26,27). The van der Waals surface area contributed by atoms with Crippen LogP contribution in [0.5, 0.6) is 5.75 Å². The van der Waals surface area contributed by atoms with Crippen molar-refractivity contribution in [1.82, 2.24) is 15.0 Å². The lowest BCUT2D eigenvalue weighted by molar-refractivity contribution is 0.211. The van der Waals surface area contributed by atoms with Crippen LogP contribution in [0.25, 0.3) is 11.4 Å². The van der Waals surface area contributed by atoms with Gasteiger partial charge < -0.3 is 10.1 Å². The van der Waals surface area contributed by atoms with Crippen molar-refractivity contribution in [3.63, 3.8) is 0 Å². The number of hydrogen-bond donors (Lipinski definition) is 1. The maximum Gasteiger partial charge on any atom is 0.230 e. The molecule has 0 atom stereocenters. The van der Waals surface area contributed by atoms with Crippen molar-refractivity contribution in [2.45, 2.75) is 37.5 Å². The summed E-state index contributed by atoms with van der Waals surface area (Å²) in [7, 11) is -3.12. The van der Waals surface area contributed by atoms with Crippen LogP contribution in [0.3, 0.4) is 0 Å². The molecule has 31 heavy (non-hydrogen) atoms. The van der Waals surface area contributed by atoms with Gasteiger partial charge in [0, 0.05) is 17.0 Å². The van der Waals surface area contributed by atoms with Crippen LogP contribution in [0.2, 0.25) is 5.02 Å². The summed E-state index contributed by atoms with van der Waals surface area (Å²) < 4.78 is 29.4. The van der Waals surface area contributed by atoms with Crippen molar-refractivity contribution < 1.29 is 13.2 Å². The summed E-state index contributed by atoms with van der Waals surface area (Å²) >= 11 is 6.20. The van der Waals surface area contributed by atoms with Crippen LogP contribution < -0.4 is 10.1 Å². The second-order valence-corrected chi connectivity index (χ2v) is 10.3. The number of hydrogen-bond acceptors (Lipinski definition) is 7. The first-order valence-electron chi connectivity index (χ1n) is 10.0. The maximum atomic E-state index is 11.6. The monoisotopic (exact) mass is 458 g/mol. The molecule has 162 valence electrons. The van der Waals surface area contributed by atoms with Crippen molar-refractivity contribution in [1.29, 1.82) is 0 Å². The lowest BCUT2D eigenvalue weighted by Crippen LogP contribution is -2.12. The Hall–Kier alpha value is -2.71. The Morgan fingerprint density at radius 3 is 2.71 bits per heavy atom. The summed E-state index contributed by atoms with van der Waals surface area (Å²) in [4.78, 5) is 13.0. The van der Waals surface area contributed by atoms with Crippen molar-refractivity contribution in [3.05, 3.63) is 59.4 Å². The van der Waals surface area contributed by atoms with E-state index in [4.69, 9.17) is 16.3 Å². The van der Waals surface area contributed by atoms with E-state index in [2.05, 4.69) is 20.3 Å². The molecule has 1 N–H and O–H groups in total. The topological polar surface area (TPSA) is 94.1 Å². The number of nitrogens with one attached hydrogen (secondary N) is 1. The van der Waals surface area contributed by atoms with E-state index in [0.717, 1.165) is 18.4 Å². The fourth-order valence-corrected chi connectivity index (χ4v) is 4.57. The van der Waals surface area contributed by atoms with Crippen LogP contribution in [0.1, 0.15) is 31.2 Å². The van der Waals surface area contributed by atoms with Gasteiger partial charge in [0.2, 0.25) is 5.95 Å². The molecule has 0 spiro atoms. The van der Waals surface area contributed by atoms with Crippen LogP contribution in [0.15, 0.2) is 48.8 Å². The Morgan fingerprint density at radius 2 is 1.94 bits per heavy atom. The maximum absolute atomic E-state index is 11.6. The Bertz CT molecular complexity index is 1180. The van der Waals surface area contributed by atoms with E-state index in [0.29, 0.717) is 33.8 Å². The lowest BCUT2D eigenvalue weighted by Gasteiger charge is -2.16. The Labute approximate surface area is 186 Å². The smallest absolute Gasteiger partial charge is 0.230 e. The predicted molar refractivity (Wildman–Crippen MR) is 121 cm³/mol. The SMILES string of the molecule is CS(=O)(=O)Cc1cccc(Nc2ncnc(-c3ccc(Cl)cc3OC3CCCC3)n2)c1. The molecule has 3 aromatic rings. The van der Waals surface area contributed by atoms with Gasteiger partial charge in [0.25, 0.3) is 0 Å². The molecular weight excluding hydrogens is 436 g/mol. The molecule has 7 nitrogen and oxygen atoms in total. The molecule has 0 saturated heterocycles. The molecule has 1 heterocycles. The highest BCUT2D eigenvalue weighted by Crippen LogP contribution is 2.34. The number of benzene rings is 2. The molecule has 0 amide bonds. The van der Waals surface area contributed by atoms with Crippen molar-refractivity contribution >= 4 is 33.1 Å². The number of ether oxygens (including phenoxy) is 1. The second-order valence-electron chi connectivity index (χ2n) is 7.69. The Kier molecular flexibility index (Phi) is 6.38. The van der Waals surface area contributed by atoms with E-state index in [1.807, 2.05) is 12.1 Å². The summed E-state index contributed by atoms with van der Waals surface area (Å²) in [6.45, 7) is 0. The third kappa shape index (κ3) is 5.92. The van der Waals surface area contributed by atoms with Crippen molar-refractivity contribution in [2.75, 3.05) is 11.6 Å². The molecule has 0 aliphatic heterocycles. The van der Waals surface area contributed by atoms with Gasteiger partial charge in [-0.2, -0.15) is 4.98 Å². The van der Waals surface area contributed by atoms with Gasteiger partial charge in [0.1, 0.15) is 12.1 Å². The average Bonchev–Trinajstić information content (AvgIpc) is 3.20. The molecule has 0 bridgehead atoms. The molecule has 0 radical (unpaired) electrons. The summed E-state index contributed by atoms with van der Waals surface area (Å²) in [6, 6.07) is 12.6. The number of sulfone groups is 1. The molecule has 0 unspecified atom stereocenters. The zero-order valence-electron chi connectivity index (χ0n) is 17.1. The average molecular weight is 459 g/mol. The largest absolute Gasteiger partial charge is 0.490 e. The first kappa shape index (κ1) is 21.5. The van der Waals surface area contributed by atoms with Gasteiger partial charge in [0.05, 0.1) is 17.4 Å². The first-order valence-corrected chi connectivity index (χ1v) is 12.5. The van der Waals surface area contributed by atoms with Gasteiger partial charge in [-0.3, -0.25) is 0 Å². The van der Waals surface area contributed by atoms with Gasteiger partial charge in [-0.1, -0.05) is 23.7 Å². The summed E-state index contributed by atoms with van der Waals surface area (Å²) in [5.74, 6) is 1.45. The van der Waals surface area contributed by atoms with Gasteiger partial charge >= 0.3 is 0 Å². The normalized spacial score (nSPS) is 14.5. The van der Waals surface area contributed by atoms with Crippen LogP contribution in [-0.2, 0) is 15.6 Å². The van der Waals surface area contributed by atoms with E-state index in [1.165, 1.54) is 25.4 Å². The van der Waals surface area contributed by atoms with Crippen LogP contribution >= 0.6 is 11.6 Å². The van der Waals surface area contributed by atoms with E-state index in [-0.39, 0.29) is 11.9 Å². The quantitative estimate of drug-likeness (QED) is 0.543. The highest BCUT2D eigenvalue weighted by Gasteiger charge is 2.20. The fourth-order valence-electron chi connectivity index (χ4n) is 3.62. The van der Waals surface area contributed by atoms with E-state index >= 15 is 0 Å². The van der Waals surface area contributed by atoms with Crippen LogP contribution in [0, 0.1) is 0 Å². The third-order valence-corrected chi connectivity index (χ3v) is 6.06. The van der Waals surface area contributed by atoms with Gasteiger partial charge in [0.15, 0.2) is 15.7 Å². The minimum atomic E-state index is -3.12. The van der Waals surface area contributed by atoms with Gasteiger partial charge in [-0.05, 0) is 61.6 Å². The zero-order valence-corrected chi connectivity index (χ0v) is 18.7. The fraction of sp³-hybridized carbons (Fsp3) is 0.318. The molecule has 1 saturated carbocycles. The number of halogens is 1. The molecule has 1 fully saturated rings. The minimum Gasteiger partial charge on any atom is -0.490 e. The summed E-state index contributed by atoms with van der Waals surface area (Å²) in [5.41, 5.74) is 2.12. The molecule has 9 heteroatoms. The number of nitrogens with zero attached hydrogens (tertiary/aromatic N) is 3. The van der Waals surface area contributed by atoms with Gasteiger partial charge in [-0.25, -0.2) is 18.4 Å². The second kappa shape index (κ2) is 9.20. The van der Waals surface area contributed by atoms with Crippen LogP contribution in [-0.4, -0.2) is 35.7 Å². The molecule has 2 aromatic carbocycles. The summed E-state index contributed by atoms with van der Waals surface area (Å²) in [5, 5.41) is 3.71. The number of aromatic nitrogens is 3. The van der Waals surface area contributed by atoms with E-state index < -0.39 is 9.84 Å².